The van der Waals surface area contributed by atoms with Gasteiger partial charge in [-0.25, -0.2) is 0 Å². The van der Waals surface area contributed by atoms with Gasteiger partial charge in [0.15, 0.2) is 0 Å². The average Bonchev–Trinajstić information content (AvgIpc) is 2.46. The molecule has 0 saturated carbocycles. The van der Waals surface area contributed by atoms with E-state index in [1.807, 2.05) is 0 Å². The number of rotatable bonds is 2. The van der Waals surface area contributed by atoms with Crippen LogP contribution in [0.4, 0.5) is 0 Å². The van der Waals surface area contributed by atoms with Crippen LogP contribution >= 0.6 is 0 Å². The minimum absolute atomic E-state index is 0.185. The summed E-state index contributed by atoms with van der Waals surface area (Å²) in [5.41, 5.74) is 2.72. The van der Waals surface area contributed by atoms with E-state index in [4.69, 9.17) is 0 Å². The van der Waals surface area contributed by atoms with Crippen LogP contribution in [0.25, 0.3) is 0 Å². The van der Waals surface area contributed by atoms with E-state index in [2.05, 4.69) is 57.4 Å². The molecule has 0 amide bonds. The maximum atomic E-state index is 4.61. The van der Waals surface area contributed by atoms with E-state index in [1.54, 1.807) is 0 Å². The highest BCUT2D eigenvalue weighted by Crippen LogP contribution is 2.25. The van der Waals surface area contributed by atoms with Gasteiger partial charge >= 0.3 is 0 Å². The third kappa shape index (κ3) is 2.17. The number of aryl methyl sites for hydroxylation is 1. The number of hydrogen-bond donors (Lipinski definition) is 0. The van der Waals surface area contributed by atoms with Gasteiger partial charge in [0.1, 0.15) is 0 Å². The Balaban J connectivity index is 3.19. The van der Waals surface area contributed by atoms with Gasteiger partial charge in [0.2, 0.25) is 0 Å². The summed E-state index contributed by atoms with van der Waals surface area (Å²) in [5.74, 6) is 0. The summed E-state index contributed by atoms with van der Waals surface area (Å²) in [4.78, 5) is 0. The van der Waals surface area contributed by atoms with E-state index in [-0.39, 0.29) is 5.41 Å². The van der Waals surface area contributed by atoms with Crippen molar-refractivity contribution in [3.8, 4) is 0 Å². The van der Waals surface area contributed by atoms with E-state index >= 15 is 0 Å². The van der Waals surface area contributed by atoms with Gasteiger partial charge in [-0.15, -0.1) is 0 Å². The molecule has 14 heavy (non-hydrogen) atoms. The van der Waals surface area contributed by atoms with Gasteiger partial charge in [-0.1, -0.05) is 27.7 Å². The molecule has 0 bridgehead atoms. The van der Waals surface area contributed by atoms with E-state index < -0.39 is 0 Å². The lowest BCUT2D eigenvalue weighted by molar-refractivity contribution is 0.444. The van der Waals surface area contributed by atoms with Crippen molar-refractivity contribution in [2.24, 2.45) is 0 Å². The third-order valence-electron chi connectivity index (χ3n) is 2.41. The molecule has 1 aromatic rings. The van der Waals surface area contributed by atoms with Gasteiger partial charge in [-0.05, 0) is 26.3 Å². The van der Waals surface area contributed by atoms with Crippen molar-refractivity contribution in [1.82, 2.24) is 9.78 Å². The highest BCUT2D eigenvalue weighted by molar-refractivity contribution is 5.18. The van der Waals surface area contributed by atoms with Gasteiger partial charge in [0.25, 0.3) is 0 Å². The molecule has 0 aliphatic rings. The molecule has 2 nitrogen and oxygen atoms in total. The molecule has 0 aliphatic carbocycles. The Morgan fingerprint density at radius 1 is 1.36 bits per heavy atom. The molecule has 0 radical (unpaired) electrons. The third-order valence-corrected chi connectivity index (χ3v) is 2.41. The molecule has 2 heteroatoms. The molecule has 0 aliphatic heterocycles. The second-order valence-electron chi connectivity index (χ2n) is 5.16. The van der Waals surface area contributed by atoms with Crippen LogP contribution in [-0.4, -0.2) is 9.78 Å². The second kappa shape index (κ2) is 3.76. The zero-order valence-electron chi connectivity index (χ0n) is 10.3. The van der Waals surface area contributed by atoms with Crippen molar-refractivity contribution >= 4 is 0 Å². The highest BCUT2D eigenvalue weighted by atomic mass is 15.3. The molecule has 0 N–H and O–H groups in total. The smallest absolute Gasteiger partial charge is 0.0625 e. The summed E-state index contributed by atoms with van der Waals surface area (Å²) in [5, 5.41) is 4.61. The molecule has 1 heterocycles. The molecule has 0 saturated heterocycles. The summed E-state index contributed by atoms with van der Waals surface area (Å²) in [7, 11) is 0. The molecule has 0 atom stereocenters. The Labute approximate surface area is 87.3 Å². The Morgan fingerprint density at radius 2 is 1.93 bits per heavy atom. The predicted molar refractivity (Wildman–Crippen MR) is 60.7 cm³/mol. The fraction of sp³-hybridized carbons (Fsp3) is 0.750. The monoisotopic (exact) mass is 194 g/mol. The summed E-state index contributed by atoms with van der Waals surface area (Å²) < 4.78 is 2.15. The lowest BCUT2D eigenvalue weighted by atomic mass is 9.91. The molecule has 0 unspecified atom stereocenters. The number of hydrogen-bond acceptors (Lipinski definition) is 1. The van der Waals surface area contributed by atoms with Crippen LogP contribution in [0, 0.1) is 0 Å². The van der Waals surface area contributed by atoms with Crippen molar-refractivity contribution in [3.63, 3.8) is 0 Å². The fourth-order valence-electron chi connectivity index (χ4n) is 1.57. The SMILES string of the molecule is CCc1cc(C(C)(C)C)n(C(C)C)n1. The molecular formula is C12H22N2. The van der Waals surface area contributed by atoms with Crippen LogP contribution in [0.3, 0.4) is 0 Å². The fourth-order valence-corrected chi connectivity index (χ4v) is 1.57. The average molecular weight is 194 g/mol. The summed E-state index contributed by atoms with van der Waals surface area (Å²) in [6.45, 7) is 13.2. The predicted octanol–water partition coefficient (Wildman–Crippen LogP) is 3.32. The Kier molecular flexibility index (Phi) is 3.03. The zero-order valence-corrected chi connectivity index (χ0v) is 10.3. The first-order valence-electron chi connectivity index (χ1n) is 5.45. The van der Waals surface area contributed by atoms with Crippen molar-refractivity contribution in [2.75, 3.05) is 0 Å². The van der Waals surface area contributed by atoms with Crippen LogP contribution in [-0.2, 0) is 11.8 Å². The van der Waals surface area contributed by atoms with Gasteiger partial charge in [0.05, 0.1) is 5.69 Å². The van der Waals surface area contributed by atoms with E-state index in [0.29, 0.717) is 6.04 Å². The molecule has 0 fully saturated rings. The first kappa shape index (κ1) is 11.3. The molecule has 1 aromatic heterocycles. The number of aromatic nitrogens is 2. The van der Waals surface area contributed by atoms with Gasteiger partial charge < -0.3 is 0 Å². The standard InChI is InChI=1S/C12H22N2/c1-7-10-8-11(12(4,5)6)14(13-10)9(2)3/h8-9H,7H2,1-6H3. The first-order chi connectivity index (χ1) is 6.36. The lowest BCUT2D eigenvalue weighted by Crippen LogP contribution is -2.19. The Hall–Kier alpha value is -0.790. The van der Waals surface area contributed by atoms with Crippen LogP contribution in [0.5, 0.6) is 0 Å². The van der Waals surface area contributed by atoms with Crippen molar-refractivity contribution in [2.45, 2.75) is 59.4 Å². The quantitative estimate of drug-likeness (QED) is 0.706. The largest absolute Gasteiger partial charge is 0.266 e. The zero-order chi connectivity index (χ0) is 10.9. The lowest BCUT2D eigenvalue weighted by Gasteiger charge is -2.22. The molecule has 80 valence electrons. The van der Waals surface area contributed by atoms with Gasteiger partial charge in [-0.2, -0.15) is 5.10 Å². The van der Waals surface area contributed by atoms with Crippen molar-refractivity contribution in [3.05, 3.63) is 17.5 Å². The van der Waals surface area contributed by atoms with E-state index in [1.165, 1.54) is 11.4 Å². The molecule has 0 spiro atoms. The topological polar surface area (TPSA) is 17.8 Å². The van der Waals surface area contributed by atoms with Crippen molar-refractivity contribution < 1.29 is 0 Å². The molecule has 0 aromatic carbocycles. The van der Waals surface area contributed by atoms with Crippen molar-refractivity contribution in [1.29, 1.82) is 0 Å². The van der Waals surface area contributed by atoms with Crippen LogP contribution in [0.2, 0.25) is 0 Å². The highest BCUT2D eigenvalue weighted by Gasteiger charge is 2.21. The summed E-state index contributed by atoms with van der Waals surface area (Å²) in [6, 6.07) is 2.68. The maximum absolute atomic E-state index is 4.61. The summed E-state index contributed by atoms with van der Waals surface area (Å²) >= 11 is 0. The van der Waals surface area contributed by atoms with Crippen LogP contribution in [0.1, 0.15) is 59.0 Å². The number of nitrogens with zero attached hydrogens (tertiary/aromatic N) is 2. The molecular weight excluding hydrogens is 172 g/mol. The summed E-state index contributed by atoms with van der Waals surface area (Å²) in [6.07, 6.45) is 1.02. The van der Waals surface area contributed by atoms with Crippen LogP contribution < -0.4 is 0 Å². The van der Waals surface area contributed by atoms with Gasteiger partial charge in [-0.3, -0.25) is 4.68 Å². The Morgan fingerprint density at radius 3 is 2.21 bits per heavy atom. The minimum Gasteiger partial charge on any atom is -0.266 e. The second-order valence-corrected chi connectivity index (χ2v) is 5.16. The Bertz CT molecular complexity index is 303. The van der Waals surface area contributed by atoms with Crippen LogP contribution in [0.15, 0.2) is 6.07 Å². The van der Waals surface area contributed by atoms with Gasteiger partial charge in [0, 0.05) is 17.2 Å². The maximum Gasteiger partial charge on any atom is 0.0625 e. The normalized spacial score (nSPS) is 12.5. The van der Waals surface area contributed by atoms with E-state index in [0.717, 1.165) is 6.42 Å². The first-order valence-corrected chi connectivity index (χ1v) is 5.45. The van der Waals surface area contributed by atoms with E-state index in [9.17, 15) is 0 Å². The molecule has 1 rings (SSSR count). The minimum atomic E-state index is 0.185.